The average Bonchev–Trinajstić information content (AvgIpc) is 3.00. The Morgan fingerprint density at radius 2 is 2.38 bits per heavy atom. The third-order valence-corrected chi connectivity index (χ3v) is 2.68. The van der Waals surface area contributed by atoms with Gasteiger partial charge in [-0.2, -0.15) is 0 Å². The number of aromatic nitrogens is 1. The molecule has 3 rings (SSSR count). The van der Waals surface area contributed by atoms with Crippen LogP contribution in [-0.4, -0.2) is 17.6 Å². The van der Waals surface area contributed by atoms with E-state index in [1.54, 1.807) is 6.20 Å². The second-order valence-corrected chi connectivity index (χ2v) is 3.73. The van der Waals surface area contributed by atoms with Crippen LogP contribution in [0.25, 0.3) is 0 Å². The molecule has 1 aliphatic heterocycles. The number of anilines is 1. The molecule has 1 N–H and O–H groups in total. The molecule has 2 heterocycles. The van der Waals surface area contributed by atoms with Crippen LogP contribution in [0.2, 0.25) is 0 Å². The molecule has 1 fully saturated rings. The largest absolute Gasteiger partial charge is 0.471 e. The van der Waals surface area contributed by atoms with Gasteiger partial charge in [0, 0.05) is 6.20 Å². The molecule has 1 aromatic heterocycles. The minimum absolute atomic E-state index is 0.349. The minimum atomic E-state index is 0.349. The fourth-order valence-corrected chi connectivity index (χ4v) is 1.75. The molecule has 0 radical (unpaired) electrons. The number of nitrogens with zero attached hydrogens (tertiary/aromatic N) is 1. The topological polar surface area (TPSA) is 34.2 Å². The fourth-order valence-electron chi connectivity index (χ4n) is 1.75. The number of hydrogen-bond donors (Lipinski definition) is 1. The molecule has 0 bridgehead atoms. The molecule has 1 aromatic rings. The summed E-state index contributed by atoms with van der Waals surface area (Å²) in [5, 5.41) is 3.35. The van der Waals surface area contributed by atoms with Gasteiger partial charge in [0.15, 0.2) is 0 Å². The van der Waals surface area contributed by atoms with Gasteiger partial charge in [0.05, 0.1) is 12.2 Å². The van der Waals surface area contributed by atoms with Crippen molar-refractivity contribution in [2.24, 2.45) is 5.92 Å². The summed E-state index contributed by atoms with van der Waals surface area (Å²) in [7, 11) is 0. The lowest BCUT2D eigenvalue weighted by Crippen LogP contribution is -2.32. The zero-order valence-corrected chi connectivity index (χ0v) is 7.36. The minimum Gasteiger partial charge on any atom is -0.471 e. The highest BCUT2D eigenvalue weighted by molar-refractivity contribution is 5.53. The predicted molar refractivity (Wildman–Crippen MR) is 49.9 cm³/mol. The molecule has 0 saturated heterocycles. The zero-order chi connectivity index (χ0) is 8.67. The Kier molecular flexibility index (Phi) is 1.45. The van der Waals surface area contributed by atoms with Crippen LogP contribution in [0.3, 0.4) is 0 Å². The van der Waals surface area contributed by atoms with E-state index in [-0.39, 0.29) is 0 Å². The monoisotopic (exact) mass is 176 g/mol. The second kappa shape index (κ2) is 2.62. The molecular formula is C10H12N2O. The molecule has 3 heteroatoms. The van der Waals surface area contributed by atoms with Crippen molar-refractivity contribution in [3.8, 4) is 5.88 Å². The van der Waals surface area contributed by atoms with Crippen LogP contribution in [0, 0.1) is 5.92 Å². The highest BCUT2D eigenvalue weighted by atomic mass is 16.5. The maximum atomic E-state index is 5.78. The Labute approximate surface area is 77.1 Å². The first kappa shape index (κ1) is 7.18. The summed E-state index contributed by atoms with van der Waals surface area (Å²) in [6, 6.07) is 3.93. The summed E-state index contributed by atoms with van der Waals surface area (Å²) >= 11 is 0. The zero-order valence-electron chi connectivity index (χ0n) is 7.36. The number of pyridine rings is 1. The molecule has 0 spiro atoms. The van der Waals surface area contributed by atoms with E-state index in [0.29, 0.717) is 6.10 Å². The lowest BCUT2D eigenvalue weighted by atomic mass is 10.2. The quantitative estimate of drug-likeness (QED) is 0.706. The molecule has 0 amide bonds. The SMILES string of the molecule is c1cnc2c(c1)NCC(C1CC1)O2. The third-order valence-electron chi connectivity index (χ3n) is 2.68. The Balaban J connectivity index is 1.85. The first-order chi connectivity index (χ1) is 6.43. The summed E-state index contributed by atoms with van der Waals surface area (Å²) in [6.07, 6.45) is 4.75. The van der Waals surface area contributed by atoms with Crippen LogP contribution in [0.5, 0.6) is 5.88 Å². The van der Waals surface area contributed by atoms with Gasteiger partial charge in [-0.25, -0.2) is 4.98 Å². The van der Waals surface area contributed by atoms with E-state index in [1.165, 1.54) is 12.8 Å². The lowest BCUT2D eigenvalue weighted by molar-refractivity contribution is 0.175. The number of ether oxygens (including phenoxy) is 1. The molecule has 3 nitrogen and oxygen atoms in total. The fraction of sp³-hybridized carbons (Fsp3) is 0.500. The average molecular weight is 176 g/mol. The van der Waals surface area contributed by atoms with Gasteiger partial charge in [-0.3, -0.25) is 0 Å². The molecule has 1 aliphatic carbocycles. The van der Waals surface area contributed by atoms with E-state index >= 15 is 0 Å². The number of hydrogen-bond acceptors (Lipinski definition) is 3. The first-order valence-electron chi connectivity index (χ1n) is 4.79. The lowest BCUT2D eigenvalue weighted by Gasteiger charge is -2.25. The van der Waals surface area contributed by atoms with Gasteiger partial charge in [-0.15, -0.1) is 0 Å². The van der Waals surface area contributed by atoms with Crippen molar-refractivity contribution in [2.45, 2.75) is 18.9 Å². The van der Waals surface area contributed by atoms with Crippen LogP contribution in [0.1, 0.15) is 12.8 Å². The van der Waals surface area contributed by atoms with Gasteiger partial charge < -0.3 is 10.1 Å². The van der Waals surface area contributed by atoms with Gasteiger partial charge in [0.25, 0.3) is 0 Å². The maximum Gasteiger partial charge on any atom is 0.237 e. The van der Waals surface area contributed by atoms with E-state index in [0.717, 1.165) is 24.0 Å². The molecule has 68 valence electrons. The van der Waals surface area contributed by atoms with Gasteiger partial charge in [-0.1, -0.05) is 0 Å². The Hall–Kier alpha value is -1.25. The molecule has 1 saturated carbocycles. The molecule has 0 aromatic carbocycles. The normalized spacial score (nSPS) is 25.7. The summed E-state index contributed by atoms with van der Waals surface area (Å²) in [4.78, 5) is 4.19. The summed E-state index contributed by atoms with van der Waals surface area (Å²) in [5.74, 6) is 1.54. The number of rotatable bonds is 1. The molecule has 2 aliphatic rings. The van der Waals surface area contributed by atoms with Gasteiger partial charge in [0.1, 0.15) is 6.10 Å². The molecule has 13 heavy (non-hydrogen) atoms. The van der Waals surface area contributed by atoms with Gasteiger partial charge >= 0.3 is 0 Å². The van der Waals surface area contributed by atoms with E-state index in [4.69, 9.17) is 4.74 Å². The Bertz CT molecular complexity index is 322. The van der Waals surface area contributed by atoms with Crippen molar-refractivity contribution in [3.63, 3.8) is 0 Å². The van der Waals surface area contributed by atoms with Crippen molar-refractivity contribution >= 4 is 5.69 Å². The third kappa shape index (κ3) is 1.24. The van der Waals surface area contributed by atoms with E-state index in [1.807, 2.05) is 12.1 Å². The smallest absolute Gasteiger partial charge is 0.237 e. The first-order valence-corrected chi connectivity index (χ1v) is 4.79. The van der Waals surface area contributed by atoms with E-state index < -0.39 is 0 Å². The standard InChI is InChI=1S/C10H12N2O/c1-2-8-10(11-5-1)13-9(6-12-8)7-3-4-7/h1-2,5,7,9,12H,3-4,6H2. The summed E-state index contributed by atoms with van der Waals surface area (Å²) in [5.41, 5.74) is 1.03. The van der Waals surface area contributed by atoms with Gasteiger partial charge in [-0.05, 0) is 30.9 Å². The van der Waals surface area contributed by atoms with E-state index in [2.05, 4.69) is 10.3 Å². The van der Waals surface area contributed by atoms with Crippen LogP contribution in [0.15, 0.2) is 18.3 Å². The van der Waals surface area contributed by atoms with Crippen LogP contribution in [-0.2, 0) is 0 Å². The highest BCUT2D eigenvalue weighted by Gasteiger charge is 2.35. The van der Waals surface area contributed by atoms with Crippen molar-refractivity contribution in [3.05, 3.63) is 18.3 Å². The van der Waals surface area contributed by atoms with Crippen molar-refractivity contribution < 1.29 is 4.74 Å². The van der Waals surface area contributed by atoms with Crippen molar-refractivity contribution in [1.29, 1.82) is 0 Å². The molecule has 1 atom stereocenters. The Morgan fingerprint density at radius 3 is 3.23 bits per heavy atom. The van der Waals surface area contributed by atoms with Crippen LogP contribution >= 0.6 is 0 Å². The highest BCUT2D eigenvalue weighted by Crippen LogP contribution is 2.38. The maximum absolute atomic E-state index is 5.78. The predicted octanol–water partition coefficient (Wildman–Crippen LogP) is 1.66. The van der Waals surface area contributed by atoms with Crippen LogP contribution in [0.4, 0.5) is 5.69 Å². The van der Waals surface area contributed by atoms with Crippen LogP contribution < -0.4 is 10.1 Å². The second-order valence-electron chi connectivity index (χ2n) is 3.73. The Morgan fingerprint density at radius 1 is 1.46 bits per heavy atom. The van der Waals surface area contributed by atoms with Gasteiger partial charge in [0.2, 0.25) is 5.88 Å². The summed E-state index contributed by atoms with van der Waals surface area (Å²) in [6.45, 7) is 0.934. The summed E-state index contributed by atoms with van der Waals surface area (Å²) < 4.78 is 5.78. The number of fused-ring (bicyclic) bond motifs is 1. The van der Waals surface area contributed by atoms with Crippen molar-refractivity contribution in [1.82, 2.24) is 4.98 Å². The molecular weight excluding hydrogens is 164 g/mol. The van der Waals surface area contributed by atoms with Crippen molar-refractivity contribution in [2.75, 3.05) is 11.9 Å². The number of nitrogens with one attached hydrogen (secondary N) is 1. The molecule has 1 unspecified atom stereocenters. The van der Waals surface area contributed by atoms with E-state index in [9.17, 15) is 0 Å².